The fourth-order valence-corrected chi connectivity index (χ4v) is 3.76. The Bertz CT molecular complexity index is 580. The molecule has 1 heterocycles. The number of nitrogens with zero attached hydrogens (tertiary/aromatic N) is 1. The van der Waals surface area contributed by atoms with Gasteiger partial charge in [0.1, 0.15) is 0 Å². The summed E-state index contributed by atoms with van der Waals surface area (Å²) in [5, 5.41) is 3.33. The van der Waals surface area contributed by atoms with Gasteiger partial charge < -0.3 is 16.0 Å². The lowest BCUT2D eigenvalue weighted by Gasteiger charge is -2.36. The molecule has 0 spiro atoms. The number of rotatable bonds is 5. The Morgan fingerprint density at radius 1 is 1.38 bits per heavy atom. The molecular weight excluding hydrogens is 346 g/mol. The molecule has 1 saturated heterocycles. The van der Waals surface area contributed by atoms with Crippen molar-refractivity contribution in [2.45, 2.75) is 25.9 Å². The number of hydrogen-bond acceptors (Lipinski definition) is 4. The van der Waals surface area contributed by atoms with E-state index in [4.69, 9.17) is 17.3 Å². The fraction of sp³-hybridized carbons (Fsp3) is 0.529. The Morgan fingerprint density at radius 3 is 2.67 bits per heavy atom. The number of halogens is 1. The molecule has 2 atom stereocenters. The molecule has 0 bridgehead atoms. The van der Waals surface area contributed by atoms with Gasteiger partial charge in [-0.2, -0.15) is 11.8 Å². The van der Waals surface area contributed by atoms with Crippen LogP contribution in [0.15, 0.2) is 24.3 Å². The van der Waals surface area contributed by atoms with Gasteiger partial charge in [-0.1, -0.05) is 37.6 Å². The highest BCUT2D eigenvalue weighted by atomic mass is 35.5. The first-order valence-electron chi connectivity index (χ1n) is 8.06. The highest BCUT2D eigenvalue weighted by molar-refractivity contribution is 7.99. The quantitative estimate of drug-likeness (QED) is 0.833. The molecule has 1 aromatic rings. The van der Waals surface area contributed by atoms with Crippen LogP contribution >= 0.6 is 23.4 Å². The second-order valence-electron chi connectivity index (χ2n) is 6.22. The molecule has 1 aliphatic rings. The first-order chi connectivity index (χ1) is 11.4. The van der Waals surface area contributed by atoms with Crippen LogP contribution in [0.25, 0.3) is 0 Å². The third-order valence-corrected chi connectivity index (χ3v) is 5.41. The number of hydrogen-bond donors (Lipinski definition) is 2. The van der Waals surface area contributed by atoms with Gasteiger partial charge in [0.25, 0.3) is 0 Å². The van der Waals surface area contributed by atoms with Gasteiger partial charge in [-0.3, -0.25) is 9.59 Å². The van der Waals surface area contributed by atoms with Crippen molar-refractivity contribution in [3.8, 4) is 0 Å². The topological polar surface area (TPSA) is 75.4 Å². The predicted molar refractivity (Wildman–Crippen MR) is 99.1 cm³/mol. The maximum Gasteiger partial charge on any atom is 0.242 e. The van der Waals surface area contributed by atoms with Crippen molar-refractivity contribution in [1.29, 1.82) is 0 Å². The molecule has 0 saturated carbocycles. The van der Waals surface area contributed by atoms with Gasteiger partial charge in [-0.25, -0.2) is 0 Å². The molecule has 2 rings (SSSR count). The zero-order valence-corrected chi connectivity index (χ0v) is 15.6. The molecule has 3 N–H and O–H groups in total. The summed E-state index contributed by atoms with van der Waals surface area (Å²) in [5.41, 5.74) is 6.86. The molecule has 0 radical (unpaired) electrons. The van der Waals surface area contributed by atoms with E-state index in [0.29, 0.717) is 11.6 Å². The summed E-state index contributed by atoms with van der Waals surface area (Å²) in [6, 6.07) is 6.98. The standard InChI is InChI=1S/C17H24ClN3O2S/c1-11(2)16(19)17(23)20-9-15(22)21-7-8-24-10-14(21)12-3-5-13(18)6-4-12/h3-6,11,14,16H,7-10,19H2,1-2H3,(H,20,23)/t14?,16-/m0/s1. The van der Waals surface area contributed by atoms with E-state index >= 15 is 0 Å². The van der Waals surface area contributed by atoms with Crippen molar-refractivity contribution in [3.63, 3.8) is 0 Å². The summed E-state index contributed by atoms with van der Waals surface area (Å²) in [6.07, 6.45) is 0. The number of thioether (sulfide) groups is 1. The summed E-state index contributed by atoms with van der Waals surface area (Å²) in [4.78, 5) is 26.4. The minimum Gasteiger partial charge on any atom is -0.346 e. The van der Waals surface area contributed by atoms with Crippen LogP contribution in [-0.2, 0) is 9.59 Å². The Balaban J connectivity index is 2.00. The van der Waals surface area contributed by atoms with Gasteiger partial charge in [0.2, 0.25) is 11.8 Å². The maximum absolute atomic E-state index is 12.6. The largest absolute Gasteiger partial charge is 0.346 e. The van der Waals surface area contributed by atoms with Crippen molar-refractivity contribution in [2.75, 3.05) is 24.6 Å². The lowest BCUT2D eigenvalue weighted by atomic mass is 10.0. The minimum atomic E-state index is -0.596. The number of benzene rings is 1. The second kappa shape index (κ2) is 8.74. The molecule has 1 aliphatic heterocycles. The van der Waals surface area contributed by atoms with Gasteiger partial charge in [-0.05, 0) is 23.6 Å². The number of carbonyl (C=O) groups excluding carboxylic acids is 2. The molecule has 1 unspecified atom stereocenters. The van der Waals surface area contributed by atoms with Crippen LogP contribution in [0.2, 0.25) is 5.02 Å². The summed E-state index contributed by atoms with van der Waals surface area (Å²) in [6.45, 7) is 4.41. The lowest BCUT2D eigenvalue weighted by molar-refractivity contribution is -0.135. The number of nitrogens with one attached hydrogen (secondary N) is 1. The van der Waals surface area contributed by atoms with E-state index in [1.165, 1.54) is 0 Å². The monoisotopic (exact) mass is 369 g/mol. The number of nitrogens with two attached hydrogens (primary N) is 1. The van der Waals surface area contributed by atoms with Crippen LogP contribution in [0.3, 0.4) is 0 Å². The van der Waals surface area contributed by atoms with E-state index < -0.39 is 6.04 Å². The SMILES string of the molecule is CC(C)[C@H](N)C(=O)NCC(=O)N1CCSCC1c1ccc(Cl)cc1. The van der Waals surface area contributed by atoms with E-state index in [0.717, 1.165) is 17.1 Å². The molecular formula is C17H24ClN3O2S. The number of amides is 2. The summed E-state index contributed by atoms with van der Waals surface area (Å²) in [7, 11) is 0. The zero-order chi connectivity index (χ0) is 17.7. The van der Waals surface area contributed by atoms with Crippen molar-refractivity contribution in [2.24, 2.45) is 11.7 Å². The zero-order valence-electron chi connectivity index (χ0n) is 14.0. The molecule has 0 aliphatic carbocycles. The molecule has 2 amide bonds. The Hall–Kier alpha value is -1.24. The molecule has 7 heteroatoms. The molecule has 24 heavy (non-hydrogen) atoms. The average Bonchev–Trinajstić information content (AvgIpc) is 2.59. The van der Waals surface area contributed by atoms with Crippen LogP contribution in [-0.4, -0.2) is 47.4 Å². The summed E-state index contributed by atoms with van der Waals surface area (Å²) in [5.74, 6) is 1.41. The molecule has 132 valence electrons. The van der Waals surface area contributed by atoms with Crippen LogP contribution < -0.4 is 11.1 Å². The van der Waals surface area contributed by atoms with E-state index in [2.05, 4.69) is 5.32 Å². The van der Waals surface area contributed by atoms with Crippen LogP contribution in [0.1, 0.15) is 25.5 Å². The van der Waals surface area contributed by atoms with E-state index in [9.17, 15) is 9.59 Å². The predicted octanol–water partition coefficient (Wildman–Crippen LogP) is 2.06. The van der Waals surface area contributed by atoms with Gasteiger partial charge in [-0.15, -0.1) is 0 Å². The van der Waals surface area contributed by atoms with Crippen LogP contribution in [0.4, 0.5) is 0 Å². The maximum atomic E-state index is 12.6. The van der Waals surface area contributed by atoms with Crippen LogP contribution in [0, 0.1) is 5.92 Å². The highest BCUT2D eigenvalue weighted by Crippen LogP contribution is 2.30. The van der Waals surface area contributed by atoms with Gasteiger partial charge >= 0.3 is 0 Å². The van der Waals surface area contributed by atoms with E-state index in [1.807, 2.05) is 54.8 Å². The summed E-state index contributed by atoms with van der Waals surface area (Å²) >= 11 is 7.77. The first kappa shape index (κ1) is 19.1. The van der Waals surface area contributed by atoms with Crippen LogP contribution in [0.5, 0.6) is 0 Å². The smallest absolute Gasteiger partial charge is 0.242 e. The van der Waals surface area contributed by atoms with E-state index in [-0.39, 0.29) is 30.3 Å². The molecule has 1 fully saturated rings. The van der Waals surface area contributed by atoms with Crippen molar-refractivity contribution < 1.29 is 9.59 Å². The normalized spacial score (nSPS) is 19.2. The minimum absolute atomic E-state index is 0.00388. The summed E-state index contributed by atoms with van der Waals surface area (Å²) < 4.78 is 0. The molecule has 0 aromatic heterocycles. The third kappa shape index (κ3) is 4.88. The Morgan fingerprint density at radius 2 is 2.04 bits per heavy atom. The lowest BCUT2D eigenvalue weighted by Crippen LogP contribution is -2.49. The van der Waals surface area contributed by atoms with Gasteiger partial charge in [0.05, 0.1) is 18.6 Å². The van der Waals surface area contributed by atoms with Crippen molar-refractivity contribution in [3.05, 3.63) is 34.9 Å². The van der Waals surface area contributed by atoms with E-state index in [1.54, 1.807) is 0 Å². The first-order valence-corrected chi connectivity index (χ1v) is 9.59. The second-order valence-corrected chi connectivity index (χ2v) is 7.80. The average molecular weight is 370 g/mol. The van der Waals surface area contributed by atoms with Gasteiger partial charge in [0, 0.05) is 23.1 Å². The number of carbonyl (C=O) groups is 2. The van der Waals surface area contributed by atoms with Crippen molar-refractivity contribution in [1.82, 2.24) is 10.2 Å². The molecule has 5 nitrogen and oxygen atoms in total. The Labute approximate surface area is 152 Å². The van der Waals surface area contributed by atoms with Gasteiger partial charge in [0.15, 0.2) is 0 Å². The third-order valence-electron chi connectivity index (χ3n) is 4.14. The molecule has 1 aromatic carbocycles. The Kier molecular flexibility index (Phi) is 6.95. The fourth-order valence-electron chi connectivity index (χ4n) is 2.55. The van der Waals surface area contributed by atoms with Crippen molar-refractivity contribution >= 4 is 35.2 Å². The highest BCUT2D eigenvalue weighted by Gasteiger charge is 2.28.